The van der Waals surface area contributed by atoms with Gasteiger partial charge in [0.25, 0.3) is 0 Å². The average Bonchev–Trinajstić information content (AvgIpc) is 2.83. The summed E-state index contributed by atoms with van der Waals surface area (Å²) in [6.07, 6.45) is 1.85. The van der Waals surface area contributed by atoms with E-state index in [1.165, 1.54) is 11.1 Å². The van der Waals surface area contributed by atoms with Crippen molar-refractivity contribution < 1.29 is 5.11 Å². The average molecular weight is 246 g/mol. The number of rotatable bonds is 2. The van der Waals surface area contributed by atoms with E-state index in [0.717, 1.165) is 32.5 Å². The molecule has 2 aliphatic rings. The van der Waals surface area contributed by atoms with Crippen LogP contribution in [0, 0.1) is 5.92 Å². The fourth-order valence-electron chi connectivity index (χ4n) is 3.57. The van der Waals surface area contributed by atoms with Crippen molar-refractivity contribution >= 4 is 0 Å². The zero-order valence-corrected chi connectivity index (χ0v) is 10.9. The predicted octanol–water partition coefficient (Wildman–Crippen LogP) is 1.58. The van der Waals surface area contributed by atoms with Crippen molar-refractivity contribution in [1.82, 2.24) is 10.6 Å². The maximum Gasteiger partial charge on any atom is 0.0893 e. The normalized spacial score (nSPS) is 35.4. The molecule has 2 heterocycles. The molecule has 0 spiro atoms. The van der Waals surface area contributed by atoms with Gasteiger partial charge in [-0.05, 0) is 30.5 Å². The molecule has 3 rings (SSSR count). The van der Waals surface area contributed by atoms with E-state index in [1.54, 1.807) is 0 Å². The molecule has 1 fully saturated rings. The second-order valence-corrected chi connectivity index (χ2v) is 5.56. The van der Waals surface area contributed by atoms with Crippen molar-refractivity contribution in [3.63, 3.8) is 0 Å². The van der Waals surface area contributed by atoms with Crippen molar-refractivity contribution in [3.05, 3.63) is 35.4 Å². The highest BCUT2D eigenvalue weighted by atomic mass is 16.3. The van der Waals surface area contributed by atoms with E-state index in [1.807, 2.05) is 0 Å². The lowest BCUT2D eigenvalue weighted by atomic mass is 9.73. The van der Waals surface area contributed by atoms with Crippen LogP contribution in [0.3, 0.4) is 0 Å². The molecule has 18 heavy (non-hydrogen) atoms. The Kier molecular flexibility index (Phi) is 3.14. The van der Waals surface area contributed by atoms with Crippen LogP contribution in [0.25, 0.3) is 0 Å². The van der Waals surface area contributed by atoms with Gasteiger partial charge in [0, 0.05) is 19.0 Å². The predicted molar refractivity (Wildman–Crippen MR) is 72.2 cm³/mol. The third-order valence-electron chi connectivity index (χ3n) is 4.66. The summed E-state index contributed by atoms with van der Waals surface area (Å²) in [5, 5.41) is 18.1. The highest BCUT2D eigenvalue weighted by Gasteiger charge is 2.47. The first-order valence-electron chi connectivity index (χ1n) is 7.00. The molecule has 0 bridgehead atoms. The van der Waals surface area contributed by atoms with Gasteiger partial charge in [-0.15, -0.1) is 0 Å². The van der Waals surface area contributed by atoms with Gasteiger partial charge in [0.05, 0.1) is 11.6 Å². The Morgan fingerprint density at radius 1 is 1.39 bits per heavy atom. The van der Waals surface area contributed by atoms with E-state index in [-0.39, 0.29) is 6.04 Å². The van der Waals surface area contributed by atoms with Gasteiger partial charge < -0.3 is 15.7 Å². The van der Waals surface area contributed by atoms with Crippen LogP contribution in [0.5, 0.6) is 0 Å². The summed E-state index contributed by atoms with van der Waals surface area (Å²) >= 11 is 0. The van der Waals surface area contributed by atoms with E-state index >= 15 is 0 Å². The van der Waals surface area contributed by atoms with Gasteiger partial charge in [-0.25, -0.2) is 0 Å². The molecule has 0 aliphatic carbocycles. The molecule has 3 nitrogen and oxygen atoms in total. The van der Waals surface area contributed by atoms with Crippen LogP contribution in [0.15, 0.2) is 24.3 Å². The van der Waals surface area contributed by atoms with Gasteiger partial charge in [0.1, 0.15) is 0 Å². The van der Waals surface area contributed by atoms with Gasteiger partial charge >= 0.3 is 0 Å². The highest BCUT2D eigenvalue weighted by molar-refractivity contribution is 5.36. The molecule has 1 aromatic rings. The van der Waals surface area contributed by atoms with Crippen molar-refractivity contribution in [2.24, 2.45) is 5.92 Å². The minimum Gasteiger partial charge on any atom is -0.388 e. The zero-order chi connectivity index (χ0) is 12.6. The first kappa shape index (κ1) is 12.2. The number of benzene rings is 1. The first-order valence-corrected chi connectivity index (χ1v) is 7.00. The van der Waals surface area contributed by atoms with E-state index in [2.05, 4.69) is 41.8 Å². The number of nitrogens with one attached hydrogen (secondary N) is 2. The van der Waals surface area contributed by atoms with Gasteiger partial charge in [-0.1, -0.05) is 31.2 Å². The van der Waals surface area contributed by atoms with Gasteiger partial charge in [-0.2, -0.15) is 0 Å². The maximum atomic E-state index is 11.2. The fourth-order valence-corrected chi connectivity index (χ4v) is 3.57. The minimum atomic E-state index is -0.605. The number of aliphatic hydroxyl groups is 1. The molecule has 0 saturated carbocycles. The Bertz CT molecular complexity index is 434. The summed E-state index contributed by atoms with van der Waals surface area (Å²) in [4.78, 5) is 0. The minimum absolute atomic E-state index is 0.0979. The number of hydrogen-bond acceptors (Lipinski definition) is 3. The van der Waals surface area contributed by atoms with Crippen LogP contribution in [-0.2, 0) is 6.54 Å². The summed E-state index contributed by atoms with van der Waals surface area (Å²) in [5.74, 6) is 0.329. The topological polar surface area (TPSA) is 44.3 Å². The summed E-state index contributed by atoms with van der Waals surface area (Å²) in [7, 11) is 0. The fraction of sp³-hybridized carbons (Fsp3) is 0.600. The summed E-state index contributed by atoms with van der Waals surface area (Å²) in [6, 6.07) is 8.57. The maximum absolute atomic E-state index is 11.2. The number of hydrogen-bond donors (Lipinski definition) is 3. The monoisotopic (exact) mass is 246 g/mol. The molecule has 0 amide bonds. The molecule has 3 heteroatoms. The molecule has 3 atom stereocenters. The lowest BCUT2D eigenvalue weighted by Crippen LogP contribution is -2.55. The zero-order valence-electron chi connectivity index (χ0n) is 10.9. The molecule has 3 unspecified atom stereocenters. The third kappa shape index (κ3) is 1.78. The SMILES string of the molecule is CCC1CNCCC1(O)C1NCc2ccccc21. The Hall–Kier alpha value is -0.900. The van der Waals surface area contributed by atoms with Crippen molar-refractivity contribution in [3.8, 4) is 0 Å². The van der Waals surface area contributed by atoms with Crippen LogP contribution in [0.4, 0.5) is 0 Å². The highest BCUT2D eigenvalue weighted by Crippen LogP contribution is 2.42. The first-order chi connectivity index (χ1) is 8.75. The molecule has 0 aromatic heterocycles. The van der Waals surface area contributed by atoms with Crippen LogP contribution in [0.1, 0.15) is 36.9 Å². The lowest BCUT2D eigenvalue weighted by molar-refractivity contribution is -0.0708. The molecule has 98 valence electrons. The Balaban J connectivity index is 1.94. The molecule has 3 N–H and O–H groups in total. The molecule has 0 radical (unpaired) electrons. The molecule has 1 saturated heterocycles. The van der Waals surface area contributed by atoms with Crippen LogP contribution in [-0.4, -0.2) is 23.8 Å². The smallest absolute Gasteiger partial charge is 0.0893 e. The lowest BCUT2D eigenvalue weighted by Gasteiger charge is -2.44. The van der Waals surface area contributed by atoms with Gasteiger partial charge in [-0.3, -0.25) is 0 Å². The second kappa shape index (κ2) is 4.65. The molecular weight excluding hydrogens is 224 g/mol. The van der Waals surface area contributed by atoms with E-state index in [0.29, 0.717) is 5.92 Å². The standard InChI is InChI=1S/C15H22N2O/c1-2-12-10-16-8-7-15(12,18)14-13-6-4-3-5-11(13)9-17-14/h3-6,12,14,16-18H,2,7-10H2,1H3. The Labute approximate surface area is 109 Å². The number of fused-ring (bicyclic) bond motifs is 1. The van der Waals surface area contributed by atoms with Crippen LogP contribution < -0.4 is 10.6 Å². The third-order valence-corrected chi connectivity index (χ3v) is 4.66. The Morgan fingerprint density at radius 2 is 2.22 bits per heavy atom. The van der Waals surface area contributed by atoms with E-state index < -0.39 is 5.60 Å². The Morgan fingerprint density at radius 3 is 3.06 bits per heavy atom. The van der Waals surface area contributed by atoms with Crippen molar-refractivity contribution in [1.29, 1.82) is 0 Å². The van der Waals surface area contributed by atoms with Crippen LogP contribution >= 0.6 is 0 Å². The van der Waals surface area contributed by atoms with Gasteiger partial charge in [0.2, 0.25) is 0 Å². The van der Waals surface area contributed by atoms with E-state index in [9.17, 15) is 5.11 Å². The molecule has 2 aliphatic heterocycles. The van der Waals surface area contributed by atoms with Crippen molar-refractivity contribution in [2.45, 2.75) is 38.0 Å². The quantitative estimate of drug-likeness (QED) is 0.742. The van der Waals surface area contributed by atoms with E-state index in [4.69, 9.17) is 0 Å². The molecule has 1 aromatic carbocycles. The summed E-state index contributed by atoms with van der Waals surface area (Å²) in [6.45, 7) is 4.89. The number of piperidine rings is 1. The van der Waals surface area contributed by atoms with Crippen LogP contribution in [0.2, 0.25) is 0 Å². The molecular formula is C15H22N2O. The summed E-state index contributed by atoms with van der Waals surface area (Å²) < 4.78 is 0. The van der Waals surface area contributed by atoms with Crippen molar-refractivity contribution in [2.75, 3.05) is 13.1 Å². The van der Waals surface area contributed by atoms with Gasteiger partial charge in [0.15, 0.2) is 0 Å². The largest absolute Gasteiger partial charge is 0.388 e. The summed E-state index contributed by atoms with van der Waals surface area (Å²) in [5.41, 5.74) is 2.02. The second-order valence-electron chi connectivity index (χ2n) is 5.56.